The Bertz CT molecular complexity index is 1140. The van der Waals surface area contributed by atoms with Crippen molar-refractivity contribution in [2.45, 2.75) is 19.3 Å². The minimum atomic E-state index is -0.239. The maximum absolute atomic E-state index is 13.2. The lowest BCUT2D eigenvalue weighted by Crippen LogP contribution is -2.51. The van der Waals surface area contributed by atoms with Crippen LogP contribution < -0.4 is 14.5 Å². The number of carbonyl (C=O) groups excluding carboxylic acids is 1. The molecule has 1 aromatic heterocycles. The predicted octanol–water partition coefficient (Wildman–Crippen LogP) is 3.84. The fourth-order valence-corrected chi connectivity index (χ4v) is 5.60. The number of hydrogen-bond acceptors (Lipinski definition) is 7. The van der Waals surface area contributed by atoms with Gasteiger partial charge in [-0.15, -0.1) is 0 Å². The van der Waals surface area contributed by atoms with Gasteiger partial charge in [0.25, 0.3) is 0 Å². The van der Waals surface area contributed by atoms with Crippen LogP contribution in [0.15, 0.2) is 48.5 Å². The molecule has 0 spiro atoms. The van der Waals surface area contributed by atoms with E-state index in [0.29, 0.717) is 6.42 Å². The van der Waals surface area contributed by atoms with Gasteiger partial charge in [-0.1, -0.05) is 24.3 Å². The molecule has 9 heteroatoms. The first-order chi connectivity index (χ1) is 17.1. The van der Waals surface area contributed by atoms with E-state index in [-0.39, 0.29) is 17.6 Å². The van der Waals surface area contributed by atoms with Crippen LogP contribution in [0.3, 0.4) is 0 Å². The molecule has 0 bridgehead atoms. The summed E-state index contributed by atoms with van der Waals surface area (Å²) in [5, 5.41) is 0.901. The highest BCUT2D eigenvalue weighted by Crippen LogP contribution is 2.30. The molecule has 35 heavy (non-hydrogen) atoms. The highest BCUT2D eigenvalue weighted by molar-refractivity contribution is 7.09. The zero-order valence-electron chi connectivity index (χ0n) is 19.9. The smallest absolute Gasteiger partial charge is 0.225 e. The number of hydrogen-bond donors (Lipinski definition) is 0. The fraction of sp³-hybridized carbons (Fsp3) is 0.423. The number of halogens is 1. The van der Waals surface area contributed by atoms with E-state index in [1.165, 1.54) is 23.7 Å². The van der Waals surface area contributed by atoms with Gasteiger partial charge in [0.15, 0.2) is 0 Å². The molecule has 1 amide bonds. The summed E-state index contributed by atoms with van der Waals surface area (Å²) < 4.78 is 23.1. The molecule has 0 radical (unpaired) electrons. The van der Waals surface area contributed by atoms with Crippen LogP contribution in [0.4, 0.5) is 15.2 Å². The standard InChI is InChI=1S/C26H30FN5O2S/c1-34-23-5-3-2-4-22(23)30-14-16-31(17-15-30)25(33)20-10-12-32(13-11-20)26-28-24(29-35-26)18-19-6-8-21(27)9-7-19/h2-9,20H,10-18H2,1H3. The molecular weight excluding hydrogens is 465 g/mol. The number of anilines is 2. The molecule has 2 aliphatic rings. The lowest BCUT2D eigenvalue weighted by molar-refractivity contribution is -0.136. The summed E-state index contributed by atoms with van der Waals surface area (Å²) in [5.41, 5.74) is 2.08. The molecule has 2 aromatic carbocycles. The number of piperidine rings is 1. The number of piperazine rings is 1. The van der Waals surface area contributed by atoms with Gasteiger partial charge in [0.05, 0.1) is 12.8 Å². The molecule has 2 fully saturated rings. The number of nitrogens with zero attached hydrogens (tertiary/aromatic N) is 5. The Morgan fingerprint density at radius 3 is 2.43 bits per heavy atom. The maximum atomic E-state index is 13.2. The third-order valence-electron chi connectivity index (χ3n) is 6.86. The SMILES string of the molecule is COc1ccccc1N1CCN(C(=O)C2CCN(c3nc(Cc4ccc(F)cc4)ns3)CC2)CC1. The van der Waals surface area contributed by atoms with Gasteiger partial charge >= 0.3 is 0 Å². The fourth-order valence-electron chi connectivity index (χ4n) is 4.86. The Balaban J connectivity index is 1.11. The zero-order chi connectivity index (χ0) is 24.2. The molecule has 3 heterocycles. The molecule has 3 aromatic rings. The molecule has 0 saturated carbocycles. The van der Waals surface area contributed by atoms with Crippen LogP contribution in [0.5, 0.6) is 5.75 Å². The molecule has 0 atom stereocenters. The van der Waals surface area contributed by atoms with Gasteiger partial charge in [-0.05, 0) is 42.7 Å². The Morgan fingerprint density at radius 2 is 1.71 bits per heavy atom. The lowest BCUT2D eigenvalue weighted by Gasteiger charge is -2.39. The van der Waals surface area contributed by atoms with Gasteiger partial charge in [-0.2, -0.15) is 4.37 Å². The largest absolute Gasteiger partial charge is 0.495 e. The molecule has 2 saturated heterocycles. The van der Waals surface area contributed by atoms with Crippen molar-refractivity contribution in [1.29, 1.82) is 0 Å². The zero-order valence-corrected chi connectivity index (χ0v) is 20.7. The number of para-hydroxylation sites is 2. The number of methoxy groups -OCH3 is 1. The topological polar surface area (TPSA) is 61.8 Å². The third-order valence-corrected chi connectivity index (χ3v) is 7.68. The summed E-state index contributed by atoms with van der Waals surface area (Å²) in [5.74, 6) is 1.73. The van der Waals surface area contributed by atoms with Gasteiger partial charge in [0.2, 0.25) is 11.0 Å². The maximum Gasteiger partial charge on any atom is 0.225 e. The summed E-state index contributed by atoms with van der Waals surface area (Å²) in [6.07, 6.45) is 2.25. The molecule has 2 aliphatic heterocycles. The lowest BCUT2D eigenvalue weighted by atomic mass is 9.95. The van der Waals surface area contributed by atoms with E-state index < -0.39 is 0 Å². The van der Waals surface area contributed by atoms with E-state index in [9.17, 15) is 9.18 Å². The minimum absolute atomic E-state index is 0.0654. The first-order valence-corrected chi connectivity index (χ1v) is 12.9. The quantitative estimate of drug-likeness (QED) is 0.518. The average Bonchev–Trinajstić information content (AvgIpc) is 3.38. The number of aromatic nitrogens is 2. The number of benzene rings is 2. The Kier molecular flexibility index (Phi) is 7.13. The summed E-state index contributed by atoms with van der Waals surface area (Å²) in [6, 6.07) is 14.5. The summed E-state index contributed by atoms with van der Waals surface area (Å²) in [4.78, 5) is 24.5. The first-order valence-electron chi connectivity index (χ1n) is 12.1. The van der Waals surface area contributed by atoms with Crippen LogP contribution in [-0.2, 0) is 11.2 Å². The molecular formula is C26H30FN5O2S. The second-order valence-electron chi connectivity index (χ2n) is 9.04. The Morgan fingerprint density at radius 1 is 1.00 bits per heavy atom. The summed E-state index contributed by atoms with van der Waals surface area (Å²) in [6.45, 7) is 4.71. The van der Waals surface area contributed by atoms with Gasteiger partial charge in [0, 0.05) is 63.1 Å². The average molecular weight is 496 g/mol. The van der Waals surface area contributed by atoms with Crippen LogP contribution in [0.2, 0.25) is 0 Å². The van der Waals surface area contributed by atoms with Crippen LogP contribution in [0.25, 0.3) is 0 Å². The van der Waals surface area contributed by atoms with Crippen molar-refractivity contribution < 1.29 is 13.9 Å². The number of ether oxygens (including phenoxy) is 1. The molecule has 5 rings (SSSR count). The Labute approximate surface area is 209 Å². The van der Waals surface area contributed by atoms with Gasteiger partial charge in [-0.3, -0.25) is 4.79 Å². The van der Waals surface area contributed by atoms with E-state index in [4.69, 9.17) is 9.72 Å². The van der Waals surface area contributed by atoms with Gasteiger partial charge in [0.1, 0.15) is 17.4 Å². The normalized spacial score (nSPS) is 17.0. The van der Waals surface area contributed by atoms with E-state index in [1.807, 2.05) is 23.1 Å². The molecule has 0 unspecified atom stereocenters. The van der Waals surface area contributed by atoms with Crippen molar-refractivity contribution in [3.05, 3.63) is 65.7 Å². The van der Waals surface area contributed by atoms with Gasteiger partial charge in [-0.25, -0.2) is 9.37 Å². The van der Waals surface area contributed by atoms with Crippen molar-refractivity contribution >= 4 is 28.3 Å². The molecule has 0 aliphatic carbocycles. The van der Waals surface area contributed by atoms with Crippen LogP contribution in [-0.4, -0.2) is 66.5 Å². The van der Waals surface area contributed by atoms with E-state index in [0.717, 1.165) is 80.1 Å². The van der Waals surface area contributed by atoms with Crippen LogP contribution in [0, 0.1) is 11.7 Å². The second-order valence-corrected chi connectivity index (χ2v) is 9.77. The number of carbonyl (C=O) groups is 1. The Hall–Kier alpha value is -3.20. The monoisotopic (exact) mass is 495 g/mol. The van der Waals surface area contributed by atoms with Crippen LogP contribution in [0.1, 0.15) is 24.2 Å². The summed E-state index contributed by atoms with van der Waals surface area (Å²) in [7, 11) is 1.69. The second kappa shape index (κ2) is 10.6. The molecule has 184 valence electrons. The highest BCUT2D eigenvalue weighted by Gasteiger charge is 2.31. The summed E-state index contributed by atoms with van der Waals surface area (Å²) >= 11 is 1.40. The van der Waals surface area contributed by atoms with Crippen molar-refractivity contribution in [1.82, 2.24) is 14.3 Å². The molecule has 0 N–H and O–H groups in total. The van der Waals surface area contributed by atoms with Crippen molar-refractivity contribution in [3.63, 3.8) is 0 Å². The minimum Gasteiger partial charge on any atom is -0.495 e. The molecule has 7 nitrogen and oxygen atoms in total. The number of rotatable bonds is 6. The van der Waals surface area contributed by atoms with Crippen molar-refractivity contribution in [2.24, 2.45) is 5.92 Å². The highest BCUT2D eigenvalue weighted by atomic mass is 32.1. The van der Waals surface area contributed by atoms with Crippen molar-refractivity contribution in [3.8, 4) is 5.75 Å². The van der Waals surface area contributed by atoms with E-state index in [2.05, 4.69) is 20.2 Å². The van der Waals surface area contributed by atoms with E-state index in [1.54, 1.807) is 19.2 Å². The third kappa shape index (κ3) is 5.40. The number of amides is 1. The van der Waals surface area contributed by atoms with Gasteiger partial charge < -0.3 is 19.4 Å². The predicted molar refractivity (Wildman–Crippen MR) is 136 cm³/mol. The van der Waals surface area contributed by atoms with Crippen molar-refractivity contribution in [2.75, 3.05) is 56.2 Å². The first kappa shape index (κ1) is 23.5. The van der Waals surface area contributed by atoms with E-state index >= 15 is 0 Å². The van der Waals surface area contributed by atoms with Crippen LogP contribution >= 0.6 is 11.5 Å².